The molecule has 0 saturated carbocycles. The summed E-state index contributed by atoms with van der Waals surface area (Å²) in [5.74, 6) is -0.376. The lowest BCUT2D eigenvalue weighted by Crippen LogP contribution is -2.51. The van der Waals surface area contributed by atoms with Gasteiger partial charge in [-0.15, -0.1) is 0 Å². The van der Waals surface area contributed by atoms with Crippen LogP contribution in [0.1, 0.15) is 33.3 Å². The van der Waals surface area contributed by atoms with Crippen molar-refractivity contribution in [2.45, 2.75) is 52.0 Å². The molecular weight excluding hydrogens is 336 g/mol. The van der Waals surface area contributed by atoms with Gasteiger partial charge in [0.2, 0.25) is 0 Å². The molecule has 0 bridgehead atoms. The Morgan fingerprint density at radius 3 is 2.38 bits per heavy atom. The van der Waals surface area contributed by atoms with Crippen LogP contribution in [0.5, 0.6) is 0 Å². The van der Waals surface area contributed by atoms with Gasteiger partial charge in [-0.05, 0) is 33.3 Å². The molecule has 1 rings (SSSR count). The van der Waals surface area contributed by atoms with Crippen LogP contribution in [0.3, 0.4) is 0 Å². The maximum Gasteiger partial charge on any atom is 0.408 e. The third-order valence-corrected chi connectivity index (χ3v) is 3.49. The molecule has 0 spiro atoms. The molecule has 146 valence electrons. The number of alkyl carbamates (subject to hydrolysis) is 1. The number of methoxy groups -OCH3 is 1. The van der Waals surface area contributed by atoms with E-state index < -0.39 is 11.7 Å². The molecular formula is C19H30N2O5. The number of carbonyl (C=O) groups is 2. The van der Waals surface area contributed by atoms with Gasteiger partial charge >= 0.3 is 12.1 Å². The maximum atomic E-state index is 12.1. The largest absolute Gasteiger partial charge is 0.468 e. The molecule has 2 unspecified atom stereocenters. The molecule has 7 heteroatoms. The Morgan fingerprint density at radius 1 is 1.15 bits per heavy atom. The molecule has 0 aliphatic carbocycles. The molecule has 1 amide bonds. The van der Waals surface area contributed by atoms with Crippen molar-refractivity contribution < 1.29 is 23.8 Å². The molecule has 26 heavy (non-hydrogen) atoms. The highest BCUT2D eigenvalue weighted by atomic mass is 16.6. The van der Waals surface area contributed by atoms with Crippen molar-refractivity contribution in [1.82, 2.24) is 10.6 Å². The van der Waals surface area contributed by atoms with Crippen LogP contribution in [0, 0.1) is 0 Å². The Labute approximate surface area is 155 Å². The van der Waals surface area contributed by atoms with Crippen LogP contribution in [0.2, 0.25) is 0 Å². The number of esters is 1. The second kappa shape index (κ2) is 10.8. The molecule has 2 atom stereocenters. The number of nitrogens with one attached hydrogen (secondary N) is 2. The Bertz CT molecular complexity index is 557. The molecule has 0 aromatic heterocycles. The minimum absolute atomic E-state index is 0.0500. The third kappa shape index (κ3) is 9.39. The fraction of sp³-hybridized carbons (Fsp3) is 0.579. The molecule has 1 aromatic rings. The van der Waals surface area contributed by atoms with Crippen LogP contribution in [0.4, 0.5) is 4.79 Å². The van der Waals surface area contributed by atoms with Gasteiger partial charge < -0.3 is 24.8 Å². The van der Waals surface area contributed by atoms with Gasteiger partial charge in [-0.25, -0.2) is 4.79 Å². The third-order valence-electron chi connectivity index (χ3n) is 3.49. The van der Waals surface area contributed by atoms with Gasteiger partial charge in [0, 0.05) is 6.54 Å². The molecule has 0 aliphatic heterocycles. The molecule has 7 nitrogen and oxygen atoms in total. The number of benzene rings is 1. The number of rotatable bonds is 9. The Kier molecular flexibility index (Phi) is 9.09. The number of hydrogen-bond acceptors (Lipinski definition) is 6. The number of ether oxygens (including phenoxy) is 3. The predicted molar refractivity (Wildman–Crippen MR) is 98.7 cm³/mol. The van der Waals surface area contributed by atoms with Gasteiger partial charge in [0.15, 0.2) is 0 Å². The number of hydrogen-bond donors (Lipinski definition) is 2. The smallest absolute Gasteiger partial charge is 0.408 e. The minimum Gasteiger partial charge on any atom is -0.468 e. The zero-order valence-electron chi connectivity index (χ0n) is 16.2. The highest BCUT2D eigenvalue weighted by Crippen LogP contribution is 2.09. The van der Waals surface area contributed by atoms with E-state index in [-0.39, 0.29) is 24.7 Å². The van der Waals surface area contributed by atoms with Crippen molar-refractivity contribution >= 4 is 12.1 Å². The SMILES string of the molecule is COC(=O)CNCC(NC(=O)OC(C)(C)C)C(C)OCc1ccccc1. The fourth-order valence-corrected chi connectivity index (χ4v) is 2.11. The summed E-state index contributed by atoms with van der Waals surface area (Å²) in [7, 11) is 1.33. The van der Waals surface area contributed by atoms with Crippen LogP contribution in [-0.4, -0.2) is 50.0 Å². The highest BCUT2D eigenvalue weighted by Gasteiger charge is 2.24. The molecule has 2 N–H and O–H groups in total. The minimum atomic E-state index is -0.595. The Balaban J connectivity index is 2.61. The van der Waals surface area contributed by atoms with Gasteiger partial charge in [0.25, 0.3) is 0 Å². The lowest BCUT2D eigenvalue weighted by atomic mass is 10.1. The van der Waals surface area contributed by atoms with Crippen LogP contribution in [0.25, 0.3) is 0 Å². The summed E-state index contributed by atoms with van der Waals surface area (Å²) in [6, 6.07) is 9.39. The highest BCUT2D eigenvalue weighted by molar-refractivity contribution is 5.71. The van der Waals surface area contributed by atoms with E-state index in [2.05, 4.69) is 15.4 Å². The maximum absolute atomic E-state index is 12.1. The molecule has 0 heterocycles. The topological polar surface area (TPSA) is 85.9 Å². The summed E-state index contributed by atoms with van der Waals surface area (Å²) in [6.45, 7) is 8.07. The van der Waals surface area contributed by atoms with E-state index >= 15 is 0 Å². The van der Waals surface area contributed by atoms with Crippen LogP contribution in [0.15, 0.2) is 30.3 Å². The van der Waals surface area contributed by atoms with E-state index in [0.717, 1.165) is 5.56 Å². The van der Waals surface area contributed by atoms with Crippen LogP contribution < -0.4 is 10.6 Å². The quantitative estimate of drug-likeness (QED) is 0.652. The Morgan fingerprint density at radius 2 is 1.81 bits per heavy atom. The van der Waals surface area contributed by atoms with Gasteiger partial charge in [-0.2, -0.15) is 0 Å². The zero-order chi connectivity index (χ0) is 19.6. The molecule has 0 radical (unpaired) electrons. The normalized spacial score (nSPS) is 13.6. The van der Waals surface area contributed by atoms with E-state index in [1.165, 1.54) is 7.11 Å². The first kappa shape index (κ1) is 21.9. The summed E-state index contributed by atoms with van der Waals surface area (Å²) in [5.41, 5.74) is 0.445. The van der Waals surface area contributed by atoms with E-state index in [1.807, 2.05) is 37.3 Å². The molecule has 0 fully saturated rings. The van der Waals surface area contributed by atoms with Gasteiger partial charge in [0.1, 0.15) is 5.60 Å². The molecule has 1 aromatic carbocycles. The predicted octanol–water partition coefficient (Wildman–Crippen LogP) is 2.25. The second-order valence-corrected chi connectivity index (χ2v) is 6.96. The van der Waals surface area contributed by atoms with Crippen molar-refractivity contribution in [3.63, 3.8) is 0 Å². The van der Waals surface area contributed by atoms with Crippen LogP contribution >= 0.6 is 0 Å². The van der Waals surface area contributed by atoms with Crippen molar-refractivity contribution in [2.24, 2.45) is 0 Å². The summed E-state index contributed by atoms with van der Waals surface area (Å²) in [4.78, 5) is 23.3. The second-order valence-electron chi connectivity index (χ2n) is 6.96. The van der Waals surface area contributed by atoms with E-state index in [0.29, 0.717) is 13.2 Å². The fourth-order valence-electron chi connectivity index (χ4n) is 2.11. The first-order valence-electron chi connectivity index (χ1n) is 8.64. The lowest BCUT2D eigenvalue weighted by molar-refractivity contribution is -0.139. The van der Waals surface area contributed by atoms with Gasteiger partial charge in [-0.1, -0.05) is 30.3 Å². The van der Waals surface area contributed by atoms with Gasteiger partial charge in [-0.3, -0.25) is 4.79 Å². The number of carbonyl (C=O) groups excluding carboxylic acids is 2. The first-order chi connectivity index (χ1) is 12.2. The monoisotopic (exact) mass is 366 g/mol. The summed E-state index contributed by atoms with van der Waals surface area (Å²) in [6.07, 6.45) is -0.828. The van der Waals surface area contributed by atoms with Crippen molar-refractivity contribution in [3.05, 3.63) is 35.9 Å². The Hall–Kier alpha value is -2.12. The molecule has 0 saturated heterocycles. The van der Waals surface area contributed by atoms with E-state index in [1.54, 1.807) is 20.8 Å². The van der Waals surface area contributed by atoms with Crippen LogP contribution in [-0.2, 0) is 25.6 Å². The van der Waals surface area contributed by atoms with Gasteiger partial charge in [0.05, 0.1) is 32.4 Å². The average Bonchev–Trinajstić information content (AvgIpc) is 2.57. The van der Waals surface area contributed by atoms with E-state index in [4.69, 9.17) is 9.47 Å². The zero-order valence-corrected chi connectivity index (χ0v) is 16.2. The lowest BCUT2D eigenvalue weighted by Gasteiger charge is -2.27. The first-order valence-corrected chi connectivity index (χ1v) is 8.64. The average molecular weight is 366 g/mol. The van der Waals surface area contributed by atoms with Crippen molar-refractivity contribution in [1.29, 1.82) is 0 Å². The standard InChI is InChI=1S/C19H30N2O5/c1-14(25-13-15-9-7-6-8-10-15)16(11-20-12-17(22)24-5)21-18(23)26-19(2,3)4/h6-10,14,16,20H,11-13H2,1-5H3,(H,21,23). The summed E-state index contributed by atoms with van der Waals surface area (Å²) >= 11 is 0. The summed E-state index contributed by atoms with van der Waals surface area (Å²) in [5, 5.41) is 5.76. The summed E-state index contributed by atoms with van der Waals surface area (Å²) < 4.78 is 15.8. The van der Waals surface area contributed by atoms with E-state index in [9.17, 15) is 9.59 Å². The molecule has 0 aliphatic rings. The number of amides is 1. The van der Waals surface area contributed by atoms with Crippen molar-refractivity contribution in [3.8, 4) is 0 Å². The van der Waals surface area contributed by atoms with Crippen molar-refractivity contribution in [2.75, 3.05) is 20.2 Å².